The minimum absolute atomic E-state index is 0.565. The Morgan fingerprint density at radius 3 is 2.28 bits per heavy atom. The Bertz CT molecular complexity index is 300. The molecule has 1 unspecified atom stereocenters. The molecule has 0 rings (SSSR count). The van der Waals surface area contributed by atoms with Crippen molar-refractivity contribution >= 4 is 14.0 Å². The van der Waals surface area contributed by atoms with Gasteiger partial charge in [-0.15, -0.1) is 0 Å². The number of unbranched alkanes of at least 4 members (excludes halogenated alkanes) is 3. The third kappa shape index (κ3) is 8.50. The first-order chi connectivity index (χ1) is 8.22. The number of carbonyl (C=O) groups is 1. The molecule has 0 aromatic carbocycles. The van der Waals surface area contributed by atoms with Gasteiger partial charge in [0.25, 0.3) is 0 Å². The summed E-state index contributed by atoms with van der Waals surface area (Å²) in [6.07, 6.45) is 4.08. The Morgan fingerprint density at radius 2 is 1.83 bits per heavy atom. The summed E-state index contributed by atoms with van der Waals surface area (Å²) < 4.78 is 19.3. The van der Waals surface area contributed by atoms with E-state index < -0.39 is 19.6 Å². The molecule has 0 aromatic rings. The number of rotatable bonds is 8. The van der Waals surface area contributed by atoms with Crippen molar-refractivity contribution < 1.29 is 28.4 Å². The van der Waals surface area contributed by atoms with Crippen LogP contribution < -0.4 is 0 Å². The van der Waals surface area contributed by atoms with Gasteiger partial charge in [-0.25, -0.2) is 9.36 Å². The van der Waals surface area contributed by atoms with E-state index in [1.165, 1.54) is 0 Å². The summed E-state index contributed by atoms with van der Waals surface area (Å²) in [4.78, 5) is 28.2. The highest BCUT2D eigenvalue weighted by Gasteiger charge is 2.30. The number of phosphoric acid groups is 1. The van der Waals surface area contributed by atoms with E-state index in [-0.39, 0.29) is 0 Å². The second-order valence-electron chi connectivity index (χ2n) is 4.55. The lowest BCUT2D eigenvalue weighted by Gasteiger charge is -2.27. The fourth-order valence-electron chi connectivity index (χ4n) is 1.54. The van der Waals surface area contributed by atoms with Crippen molar-refractivity contribution in [3.8, 4) is 0 Å². The Labute approximate surface area is 108 Å². The van der Waals surface area contributed by atoms with Crippen LogP contribution >= 0.6 is 7.82 Å². The van der Waals surface area contributed by atoms with Crippen LogP contribution in [-0.2, 0) is 13.8 Å². The van der Waals surface area contributed by atoms with E-state index in [4.69, 9.17) is 14.5 Å². The summed E-state index contributed by atoms with van der Waals surface area (Å²) in [6, 6.07) is 0. The van der Waals surface area contributed by atoms with Crippen LogP contribution in [0.4, 0.5) is 4.79 Å². The lowest BCUT2D eigenvalue weighted by Crippen LogP contribution is -2.31. The lowest BCUT2D eigenvalue weighted by molar-refractivity contribution is -0.0158. The molecular formula is C11H23O6P. The minimum atomic E-state index is -4.83. The van der Waals surface area contributed by atoms with Gasteiger partial charge >= 0.3 is 14.0 Å². The standard InChI is InChI=1S/C11H23O6P/c1-4-6-7-8-9-11(3,5-2)16-10(12)17-18(13,14)15/h4-9H2,1-3H3,(H2,13,14,15). The SMILES string of the molecule is CCCCCCC(C)(CC)OC(=O)OP(=O)(O)O. The predicted molar refractivity (Wildman–Crippen MR) is 67.1 cm³/mol. The Kier molecular flexibility index (Phi) is 7.52. The molecule has 0 amide bonds. The predicted octanol–water partition coefficient (Wildman–Crippen LogP) is 3.37. The number of hydrogen-bond acceptors (Lipinski definition) is 4. The van der Waals surface area contributed by atoms with Gasteiger partial charge in [0.1, 0.15) is 5.60 Å². The Balaban J connectivity index is 4.21. The van der Waals surface area contributed by atoms with Crippen LogP contribution in [0.2, 0.25) is 0 Å². The van der Waals surface area contributed by atoms with Crippen LogP contribution in [0.15, 0.2) is 0 Å². The number of ether oxygens (including phenoxy) is 1. The van der Waals surface area contributed by atoms with E-state index in [1.807, 2.05) is 6.92 Å². The molecule has 0 heterocycles. The second-order valence-corrected chi connectivity index (χ2v) is 5.71. The van der Waals surface area contributed by atoms with Crippen LogP contribution in [-0.4, -0.2) is 21.5 Å². The van der Waals surface area contributed by atoms with Gasteiger partial charge in [0, 0.05) is 0 Å². The van der Waals surface area contributed by atoms with Crippen molar-refractivity contribution in [2.45, 2.75) is 64.9 Å². The van der Waals surface area contributed by atoms with E-state index in [0.29, 0.717) is 12.8 Å². The van der Waals surface area contributed by atoms with Crippen LogP contribution in [0.1, 0.15) is 59.3 Å². The third-order valence-electron chi connectivity index (χ3n) is 2.83. The number of carbonyl (C=O) groups excluding carboxylic acids is 1. The van der Waals surface area contributed by atoms with Crippen LogP contribution in [0.25, 0.3) is 0 Å². The zero-order chi connectivity index (χ0) is 14.2. The molecule has 0 radical (unpaired) electrons. The molecular weight excluding hydrogens is 259 g/mol. The van der Waals surface area contributed by atoms with Crippen molar-refractivity contribution in [2.75, 3.05) is 0 Å². The molecule has 0 spiro atoms. The molecule has 0 saturated heterocycles. The molecule has 0 bridgehead atoms. The van der Waals surface area contributed by atoms with E-state index in [1.54, 1.807) is 6.92 Å². The Morgan fingerprint density at radius 1 is 1.22 bits per heavy atom. The maximum Gasteiger partial charge on any atom is 0.529 e. The first-order valence-corrected chi connectivity index (χ1v) is 7.73. The highest BCUT2D eigenvalue weighted by Crippen LogP contribution is 2.37. The maximum atomic E-state index is 11.2. The average molecular weight is 282 g/mol. The fourth-order valence-corrected chi connectivity index (χ4v) is 1.77. The smallest absolute Gasteiger partial charge is 0.428 e. The van der Waals surface area contributed by atoms with Crippen LogP contribution in [0, 0.1) is 0 Å². The van der Waals surface area contributed by atoms with Crippen molar-refractivity contribution in [1.29, 1.82) is 0 Å². The first-order valence-electron chi connectivity index (χ1n) is 6.20. The maximum absolute atomic E-state index is 11.2. The molecule has 0 saturated carbocycles. The van der Waals surface area contributed by atoms with Gasteiger partial charge in [0.15, 0.2) is 0 Å². The van der Waals surface area contributed by atoms with Crippen molar-refractivity contribution in [3.05, 3.63) is 0 Å². The van der Waals surface area contributed by atoms with Crippen molar-refractivity contribution in [1.82, 2.24) is 0 Å². The quantitative estimate of drug-likeness (QED) is 0.403. The summed E-state index contributed by atoms with van der Waals surface area (Å²) in [6.45, 7) is 5.69. The zero-order valence-corrected chi connectivity index (χ0v) is 12.1. The van der Waals surface area contributed by atoms with Crippen molar-refractivity contribution in [2.24, 2.45) is 0 Å². The minimum Gasteiger partial charge on any atom is -0.428 e. The largest absolute Gasteiger partial charge is 0.529 e. The molecule has 0 fully saturated rings. The highest BCUT2D eigenvalue weighted by molar-refractivity contribution is 7.46. The van der Waals surface area contributed by atoms with Crippen LogP contribution in [0.3, 0.4) is 0 Å². The average Bonchev–Trinajstić information content (AvgIpc) is 2.21. The third-order valence-corrected chi connectivity index (χ3v) is 3.22. The molecule has 0 aliphatic carbocycles. The fraction of sp³-hybridized carbons (Fsp3) is 0.909. The molecule has 0 aromatic heterocycles. The number of phosphoric ester groups is 1. The van der Waals surface area contributed by atoms with Gasteiger partial charge in [0.2, 0.25) is 0 Å². The second kappa shape index (κ2) is 7.77. The van der Waals surface area contributed by atoms with E-state index in [9.17, 15) is 9.36 Å². The van der Waals surface area contributed by atoms with E-state index in [0.717, 1.165) is 25.7 Å². The van der Waals surface area contributed by atoms with Gasteiger partial charge in [-0.05, 0) is 26.2 Å². The molecule has 2 N–H and O–H groups in total. The monoisotopic (exact) mass is 282 g/mol. The van der Waals surface area contributed by atoms with Crippen molar-refractivity contribution in [3.63, 3.8) is 0 Å². The van der Waals surface area contributed by atoms with Gasteiger partial charge in [0.05, 0.1) is 0 Å². The summed E-state index contributed by atoms with van der Waals surface area (Å²) in [5, 5.41) is 0. The van der Waals surface area contributed by atoms with Gasteiger partial charge < -0.3 is 9.26 Å². The summed E-state index contributed by atoms with van der Waals surface area (Å²) >= 11 is 0. The van der Waals surface area contributed by atoms with E-state index in [2.05, 4.69) is 11.4 Å². The highest BCUT2D eigenvalue weighted by atomic mass is 31.2. The molecule has 7 heteroatoms. The normalized spacial score (nSPS) is 14.9. The molecule has 6 nitrogen and oxygen atoms in total. The summed E-state index contributed by atoms with van der Waals surface area (Å²) in [7, 11) is -4.83. The molecule has 0 aliphatic heterocycles. The number of hydrogen-bond donors (Lipinski definition) is 2. The first kappa shape index (κ1) is 17.4. The topological polar surface area (TPSA) is 93.1 Å². The molecule has 18 heavy (non-hydrogen) atoms. The van der Waals surface area contributed by atoms with E-state index >= 15 is 0 Å². The van der Waals surface area contributed by atoms with Gasteiger partial charge in [-0.2, -0.15) is 0 Å². The molecule has 1 atom stereocenters. The molecule has 108 valence electrons. The van der Waals surface area contributed by atoms with Crippen LogP contribution in [0.5, 0.6) is 0 Å². The summed E-state index contributed by atoms with van der Waals surface area (Å²) in [5.74, 6) is 0. The Hall–Kier alpha value is -0.580. The summed E-state index contributed by atoms with van der Waals surface area (Å²) in [5.41, 5.74) is -0.736. The van der Waals surface area contributed by atoms with Gasteiger partial charge in [-0.1, -0.05) is 33.1 Å². The van der Waals surface area contributed by atoms with Gasteiger partial charge in [-0.3, -0.25) is 9.79 Å². The molecule has 0 aliphatic rings. The zero-order valence-electron chi connectivity index (χ0n) is 11.2. The lowest BCUT2D eigenvalue weighted by atomic mass is 9.95.